The fourth-order valence-corrected chi connectivity index (χ4v) is 3.56. The van der Waals surface area contributed by atoms with Gasteiger partial charge in [-0.1, -0.05) is 6.92 Å². The van der Waals surface area contributed by atoms with Crippen molar-refractivity contribution in [3.63, 3.8) is 0 Å². The van der Waals surface area contributed by atoms with Gasteiger partial charge in [0.05, 0.1) is 11.9 Å². The summed E-state index contributed by atoms with van der Waals surface area (Å²) in [6.45, 7) is 5.87. The van der Waals surface area contributed by atoms with Crippen LogP contribution in [-0.4, -0.2) is 42.0 Å². The Labute approximate surface area is 121 Å². The number of fused-ring (bicyclic) bond motifs is 1. The first kappa shape index (κ1) is 12.9. The number of likely N-dealkylation sites (tertiary alicyclic amines) is 1. The van der Waals surface area contributed by atoms with Crippen LogP contribution in [0.15, 0.2) is 22.9 Å². The van der Waals surface area contributed by atoms with Crippen LogP contribution in [0.1, 0.15) is 13.3 Å². The molecule has 1 aromatic rings. The van der Waals surface area contributed by atoms with Crippen LogP contribution in [0.5, 0.6) is 0 Å². The monoisotopic (exact) mass is 323 g/mol. The van der Waals surface area contributed by atoms with Gasteiger partial charge in [-0.15, -0.1) is 0 Å². The van der Waals surface area contributed by atoms with Gasteiger partial charge in [-0.05, 0) is 22.0 Å². The molecule has 3 heterocycles. The first-order valence-electron chi connectivity index (χ1n) is 6.80. The third-order valence-corrected chi connectivity index (χ3v) is 4.63. The van der Waals surface area contributed by atoms with Crippen molar-refractivity contribution in [2.24, 2.45) is 11.8 Å². The van der Waals surface area contributed by atoms with Crippen LogP contribution in [-0.2, 0) is 4.79 Å². The Morgan fingerprint density at radius 1 is 1.32 bits per heavy atom. The number of rotatable bonds is 2. The first-order valence-corrected chi connectivity index (χ1v) is 7.60. The molecule has 0 aliphatic carbocycles. The molecule has 0 bridgehead atoms. The molecular weight excluding hydrogens is 306 g/mol. The van der Waals surface area contributed by atoms with Crippen molar-refractivity contribution in [2.45, 2.75) is 13.3 Å². The number of pyridine rings is 1. The number of hydrogen-bond donors (Lipinski definition) is 0. The molecule has 2 aliphatic rings. The van der Waals surface area contributed by atoms with Gasteiger partial charge in [0.15, 0.2) is 0 Å². The number of halogens is 1. The number of amides is 1. The van der Waals surface area contributed by atoms with Crippen molar-refractivity contribution in [1.82, 2.24) is 9.88 Å². The SMILES string of the molecule is CCC(=O)N1CC2CN(c3cncc(Br)c3)CC2C1. The lowest BCUT2D eigenvalue weighted by Crippen LogP contribution is -2.32. The number of nitrogens with zero attached hydrogens (tertiary/aromatic N) is 3. The largest absolute Gasteiger partial charge is 0.370 e. The molecule has 4 nitrogen and oxygen atoms in total. The van der Waals surface area contributed by atoms with Crippen molar-refractivity contribution in [1.29, 1.82) is 0 Å². The second-order valence-corrected chi connectivity index (χ2v) is 6.35. The smallest absolute Gasteiger partial charge is 0.222 e. The van der Waals surface area contributed by atoms with E-state index >= 15 is 0 Å². The predicted molar refractivity (Wildman–Crippen MR) is 78.0 cm³/mol. The van der Waals surface area contributed by atoms with E-state index in [9.17, 15) is 4.79 Å². The molecule has 0 spiro atoms. The van der Waals surface area contributed by atoms with E-state index < -0.39 is 0 Å². The summed E-state index contributed by atoms with van der Waals surface area (Å²) >= 11 is 3.47. The maximum absolute atomic E-state index is 11.7. The lowest BCUT2D eigenvalue weighted by atomic mass is 10.0. The Hall–Kier alpha value is -1.10. The summed E-state index contributed by atoms with van der Waals surface area (Å²) in [5, 5.41) is 0. The molecule has 2 aliphatic heterocycles. The van der Waals surface area contributed by atoms with Crippen LogP contribution in [0, 0.1) is 11.8 Å². The molecule has 5 heteroatoms. The molecule has 2 fully saturated rings. The number of carbonyl (C=O) groups excluding carboxylic acids is 1. The van der Waals surface area contributed by atoms with E-state index in [4.69, 9.17) is 0 Å². The van der Waals surface area contributed by atoms with E-state index in [2.05, 4.69) is 31.9 Å². The molecule has 1 amide bonds. The number of hydrogen-bond acceptors (Lipinski definition) is 3. The van der Waals surface area contributed by atoms with Gasteiger partial charge in [-0.2, -0.15) is 0 Å². The standard InChI is InChI=1S/C14H18BrN3O/c1-2-14(19)18-8-10-6-17(7-11(10)9-18)13-3-12(15)4-16-5-13/h3-5,10-11H,2,6-9H2,1H3. The summed E-state index contributed by atoms with van der Waals surface area (Å²) in [6, 6.07) is 2.11. The summed E-state index contributed by atoms with van der Waals surface area (Å²) in [4.78, 5) is 20.4. The quantitative estimate of drug-likeness (QED) is 0.836. The van der Waals surface area contributed by atoms with Crippen LogP contribution in [0.4, 0.5) is 5.69 Å². The minimum atomic E-state index is 0.296. The lowest BCUT2D eigenvalue weighted by molar-refractivity contribution is -0.130. The van der Waals surface area contributed by atoms with Gasteiger partial charge in [0.2, 0.25) is 5.91 Å². The van der Waals surface area contributed by atoms with Crippen LogP contribution in [0.2, 0.25) is 0 Å². The predicted octanol–water partition coefficient (Wildman–Crippen LogP) is 2.15. The van der Waals surface area contributed by atoms with E-state index in [1.807, 2.05) is 24.2 Å². The van der Waals surface area contributed by atoms with E-state index in [-0.39, 0.29) is 0 Å². The fourth-order valence-electron chi connectivity index (χ4n) is 3.20. The molecule has 0 N–H and O–H groups in total. The van der Waals surface area contributed by atoms with Crippen LogP contribution in [0.25, 0.3) is 0 Å². The minimum Gasteiger partial charge on any atom is -0.370 e. The van der Waals surface area contributed by atoms with Crippen LogP contribution >= 0.6 is 15.9 Å². The lowest BCUT2D eigenvalue weighted by Gasteiger charge is -2.22. The molecule has 1 aromatic heterocycles. The zero-order chi connectivity index (χ0) is 13.4. The number of aromatic nitrogens is 1. The molecular formula is C14H18BrN3O. The van der Waals surface area contributed by atoms with E-state index in [1.165, 1.54) is 5.69 Å². The second-order valence-electron chi connectivity index (χ2n) is 5.44. The molecule has 3 rings (SSSR count). The van der Waals surface area contributed by atoms with Gasteiger partial charge in [0.25, 0.3) is 0 Å². The Morgan fingerprint density at radius 3 is 2.58 bits per heavy atom. The molecule has 19 heavy (non-hydrogen) atoms. The van der Waals surface area contributed by atoms with Crippen LogP contribution in [0.3, 0.4) is 0 Å². The highest BCUT2D eigenvalue weighted by molar-refractivity contribution is 9.10. The Bertz CT molecular complexity index is 479. The highest BCUT2D eigenvalue weighted by Crippen LogP contribution is 2.34. The zero-order valence-corrected chi connectivity index (χ0v) is 12.6. The molecule has 102 valence electrons. The summed E-state index contributed by atoms with van der Waals surface area (Å²) < 4.78 is 1.02. The van der Waals surface area contributed by atoms with Gasteiger partial charge < -0.3 is 9.80 Å². The summed E-state index contributed by atoms with van der Waals surface area (Å²) in [5.74, 6) is 1.54. The normalized spacial score (nSPS) is 25.8. The molecule has 0 saturated carbocycles. The van der Waals surface area contributed by atoms with Crippen LogP contribution < -0.4 is 4.90 Å². The summed E-state index contributed by atoms with van der Waals surface area (Å²) in [7, 11) is 0. The van der Waals surface area contributed by atoms with Gasteiger partial charge >= 0.3 is 0 Å². The molecule has 0 radical (unpaired) electrons. The maximum atomic E-state index is 11.7. The van der Waals surface area contributed by atoms with Crippen molar-refractivity contribution in [3.8, 4) is 0 Å². The fraction of sp³-hybridized carbons (Fsp3) is 0.571. The average Bonchev–Trinajstić information content (AvgIpc) is 2.95. The highest BCUT2D eigenvalue weighted by atomic mass is 79.9. The number of carbonyl (C=O) groups is 1. The first-order chi connectivity index (χ1) is 9.17. The Morgan fingerprint density at radius 2 is 2.00 bits per heavy atom. The van der Waals surface area contributed by atoms with E-state index in [0.29, 0.717) is 24.2 Å². The highest BCUT2D eigenvalue weighted by Gasteiger charge is 2.41. The summed E-state index contributed by atoms with van der Waals surface area (Å²) in [5.41, 5.74) is 1.18. The van der Waals surface area contributed by atoms with Gasteiger partial charge in [-0.25, -0.2) is 0 Å². The zero-order valence-electron chi connectivity index (χ0n) is 11.1. The average molecular weight is 324 g/mol. The molecule has 2 atom stereocenters. The van der Waals surface area contributed by atoms with Gasteiger partial charge in [0, 0.05) is 55.1 Å². The minimum absolute atomic E-state index is 0.296. The second kappa shape index (κ2) is 5.12. The molecule has 0 aromatic carbocycles. The van der Waals surface area contributed by atoms with Crippen molar-refractivity contribution < 1.29 is 4.79 Å². The molecule has 2 unspecified atom stereocenters. The number of anilines is 1. The van der Waals surface area contributed by atoms with E-state index in [0.717, 1.165) is 30.7 Å². The Balaban J connectivity index is 1.66. The van der Waals surface area contributed by atoms with Crippen molar-refractivity contribution >= 4 is 27.5 Å². The van der Waals surface area contributed by atoms with Crippen molar-refractivity contribution in [3.05, 3.63) is 22.9 Å². The molecule has 2 saturated heterocycles. The van der Waals surface area contributed by atoms with E-state index in [1.54, 1.807) is 0 Å². The van der Waals surface area contributed by atoms with Crippen molar-refractivity contribution in [2.75, 3.05) is 31.1 Å². The third kappa shape index (κ3) is 2.48. The van der Waals surface area contributed by atoms with Gasteiger partial charge in [-0.3, -0.25) is 9.78 Å². The Kier molecular flexibility index (Phi) is 3.48. The third-order valence-electron chi connectivity index (χ3n) is 4.20. The maximum Gasteiger partial charge on any atom is 0.222 e. The van der Waals surface area contributed by atoms with Gasteiger partial charge in [0.1, 0.15) is 0 Å². The summed E-state index contributed by atoms with van der Waals surface area (Å²) in [6.07, 6.45) is 4.35. The topological polar surface area (TPSA) is 36.4 Å².